The molecule has 0 fully saturated rings. The molecule has 3 aromatic rings. The van der Waals surface area contributed by atoms with Gasteiger partial charge in [-0.1, -0.05) is 52.0 Å². The van der Waals surface area contributed by atoms with Crippen molar-refractivity contribution in [3.05, 3.63) is 82.7 Å². The number of rotatable bonds is 6. The fourth-order valence-corrected chi connectivity index (χ4v) is 4.32. The summed E-state index contributed by atoms with van der Waals surface area (Å²) >= 11 is 0. The van der Waals surface area contributed by atoms with Gasteiger partial charge in [-0.3, -0.25) is 4.79 Å². The Hall–Kier alpha value is -3.34. The number of esters is 1. The van der Waals surface area contributed by atoms with Crippen LogP contribution in [-0.2, 0) is 34.4 Å². The van der Waals surface area contributed by atoms with Gasteiger partial charge in [0.05, 0.1) is 14.2 Å². The van der Waals surface area contributed by atoms with Crippen LogP contribution in [-0.4, -0.2) is 20.2 Å². The highest BCUT2D eigenvalue weighted by atomic mass is 19.1. The van der Waals surface area contributed by atoms with E-state index in [-0.39, 0.29) is 17.2 Å². The molecule has 0 spiro atoms. The fraction of sp³-hybridized carbons (Fsp3) is 0.387. The lowest BCUT2D eigenvalue weighted by molar-refractivity contribution is -0.140. The Morgan fingerprint density at radius 1 is 0.889 bits per heavy atom. The average molecular weight is 493 g/mol. The molecule has 0 radical (unpaired) electrons. The second kappa shape index (κ2) is 12.1. The number of methoxy groups -OCH3 is 2. The van der Waals surface area contributed by atoms with Crippen LogP contribution < -0.4 is 9.47 Å². The lowest BCUT2D eigenvalue weighted by atomic mass is 9.81. The van der Waals surface area contributed by atoms with Gasteiger partial charge in [-0.05, 0) is 82.8 Å². The lowest BCUT2D eigenvalue weighted by Gasteiger charge is -2.24. The van der Waals surface area contributed by atoms with Gasteiger partial charge in [-0.25, -0.2) is 4.39 Å². The van der Waals surface area contributed by atoms with E-state index in [4.69, 9.17) is 9.47 Å². The predicted octanol–water partition coefficient (Wildman–Crippen LogP) is 7.44. The van der Waals surface area contributed by atoms with E-state index in [0.29, 0.717) is 24.3 Å². The summed E-state index contributed by atoms with van der Waals surface area (Å²) in [5, 5.41) is 0. The second-order valence-electron chi connectivity index (χ2n) is 9.98. The Labute approximate surface area is 214 Å². The zero-order valence-electron chi connectivity index (χ0n) is 22.2. The van der Waals surface area contributed by atoms with Gasteiger partial charge >= 0.3 is 5.97 Å². The van der Waals surface area contributed by atoms with E-state index < -0.39 is 0 Å². The number of hydrogen-bond donors (Lipinski definition) is 0. The minimum Gasteiger partial charge on any atom is -0.497 e. The van der Waals surface area contributed by atoms with Crippen LogP contribution in [0.25, 0.3) is 11.1 Å². The van der Waals surface area contributed by atoms with Crippen LogP contribution in [0.1, 0.15) is 62.8 Å². The van der Waals surface area contributed by atoms with Gasteiger partial charge in [0.1, 0.15) is 23.9 Å². The van der Waals surface area contributed by atoms with Crippen LogP contribution >= 0.6 is 0 Å². The van der Waals surface area contributed by atoms with Crippen LogP contribution in [0.3, 0.4) is 0 Å². The van der Waals surface area contributed by atoms with Crippen molar-refractivity contribution in [3.63, 3.8) is 0 Å². The molecular weight excluding hydrogens is 455 g/mol. The Balaban J connectivity index is 0.000000538. The first kappa shape index (κ1) is 27.3. The van der Waals surface area contributed by atoms with E-state index in [1.54, 1.807) is 26.2 Å². The topological polar surface area (TPSA) is 44.8 Å². The van der Waals surface area contributed by atoms with Crippen LogP contribution in [0.2, 0.25) is 0 Å². The minimum absolute atomic E-state index is 0.144. The SMILES string of the molecule is CCC(=O)OC.COc1ccc(F)c(-c2ccc(COc3ccc4c(c3)CCC4)cc2C(C)(C)C)c1. The molecule has 0 atom stereocenters. The number of aryl methyl sites for hydroxylation is 2. The van der Waals surface area contributed by atoms with Crippen LogP contribution in [0.5, 0.6) is 11.5 Å². The van der Waals surface area contributed by atoms with Gasteiger partial charge < -0.3 is 14.2 Å². The number of carbonyl (C=O) groups is 1. The summed E-state index contributed by atoms with van der Waals surface area (Å²) in [5.41, 5.74) is 6.32. The molecule has 0 N–H and O–H groups in total. The molecule has 0 bridgehead atoms. The number of benzene rings is 3. The second-order valence-corrected chi connectivity index (χ2v) is 9.98. The standard InChI is InChI=1S/C27H29FO2.C4H8O2/c1-27(2,3)25-14-18(17-30-22-10-9-19-6-5-7-20(19)15-22)8-12-23(25)24-16-21(29-4)11-13-26(24)28;1-3-4(5)6-2/h8-16H,5-7,17H2,1-4H3;3H2,1-2H3. The molecule has 192 valence electrons. The van der Waals surface area contributed by atoms with E-state index in [0.717, 1.165) is 28.9 Å². The molecule has 1 aliphatic carbocycles. The Morgan fingerprint density at radius 3 is 2.25 bits per heavy atom. The molecule has 3 aromatic carbocycles. The third-order valence-corrected chi connectivity index (χ3v) is 6.35. The first-order valence-electron chi connectivity index (χ1n) is 12.4. The van der Waals surface area contributed by atoms with E-state index in [1.807, 2.05) is 12.1 Å². The van der Waals surface area contributed by atoms with Crippen LogP contribution in [0, 0.1) is 5.82 Å². The fourth-order valence-electron chi connectivity index (χ4n) is 4.32. The summed E-state index contributed by atoms with van der Waals surface area (Å²) < 4.78 is 30.3. The van der Waals surface area contributed by atoms with E-state index in [2.05, 4.69) is 49.8 Å². The van der Waals surface area contributed by atoms with Gasteiger partial charge in [0, 0.05) is 12.0 Å². The van der Waals surface area contributed by atoms with Crippen molar-refractivity contribution in [3.8, 4) is 22.6 Å². The number of fused-ring (bicyclic) bond motifs is 1. The maximum Gasteiger partial charge on any atom is 0.305 e. The molecule has 0 saturated carbocycles. The van der Waals surface area contributed by atoms with E-state index >= 15 is 0 Å². The number of hydrogen-bond acceptors (Lipinski definition) is 4. The number of ether oxygens (including phenoxy) is 3. The summed E-state index contributed by atoms with van der Waals surface area (Å²) in [6.07, 6.45) is 4.01. The quantitative estimate of drug-likeness (QED) is 0.336. The third-order valence-electron chi connectivity index (χ3n) is 6.35. The van der Waals surface area contributed by atoms with Crippen molar-refractivity contribution in [2.75, 3.05) is 14.2 Å². The molecule has 0 heterocycles. The summed E-state index contributed by atoms with van der Waals surface area (Å²) in [5.74, 6) is 1.16. The van der Waals surface area contributed by atoms with Gasteiger partial charge in [0.15, 0.2) is 0 Å². The highest BCUT2D eigenvalue weighted by Crippen LogP contribution is 2.37. The predicted molar refractivity (Wildman–Crippen MR) is 142 cm³/mol. The number of halogens is 1. The Morgan fingerprint density at radius 2 is 1.61 bits per heavy atom. The van der Waals surface area contributed by atoms with Crippen LogP contribution in [0.4, 0.5) is 4.39 Å². The molecule has 0 amide bonds. The van der Waals surface area contributed by atoms with Crippen molar-refractivity contribution in [2.24, 2.45) is 0 Å². The molecular formula is C31H37FO4. The number of carbonyl (C=O) groups excluding carboxylic acids is 1. The zero-order valence-corrected chi connectivity index (χ0v) is 22.2. The molecule has 4 rings (SSSR count). The Kier molecular flexibility index (Phi) is 9.14. The van der Waals surface area contributed by atoms with Gasteiger partial charge in [-0.2, -0.15) is 0 Å². The maximum absolute atomic E-state index is 14.7. The zero-order chi connectivity index (χ0) is 26.3. The lowest BCUT2D eigenvalue weighted by Crippen LogP contribution is -2.14. The molecule has 36 heavy (non-hydrogen) atoms. The molecule has 0 saturated heterocycles. The molecule has 0 aliphatic heterocycles. The molecule has 0 unspecified atom stereocenters. The van der Waals surface area contributed by atoms with Crippen LogP contribution in [0.15, 0.2) is 54.6 Å². The third kappa shape index (κ3) is 6.87. The van der Waals surface area contributed by atoms with Crippen molar-refractivity contribution in [2.45, 2.75) is 65.4 Å². The first-order valence-corrected chi connectivity index (χ1v) is 12.4. The molecule has 5 heteroatoms. The summed E-state index contributed by atoms with van der Waals surface area (Å²) in [7, 11) is 2.98. The average Bonchev–Trinajstić information content (AvgIpc) is 3.35. The van der Waals surface area contributed by atoms with Gasteiger partial charge in [-0.15, -0.1) is 0 Å². The summed E-state index contributed by atoms with van der Waals surface area (Å²) in [6.45, 7) is 8.69. The van der Waals surface area contributed by atoms with Gasteiger partial charge in [0.2, 0.25) is 0 Å². The van der Waals surface area contributed by atoms with Crippen molar-refractivity contribution < 1.29 is 23.4 Å². The van der Waals surface area contributed by atoms with Crippen molar-refractivity contribution in [1.29, 1.82) is 0 Å². The Bertz CT molecular complexity index is 1190. The first-order chi connectivity index (χ1) is 17.2. The maximum atomic E-state index is 14.7. The highest BCUT2D eigenvalue weighted by Gasteiger charge is 2.21. The molecule has 1 aliphatic rings. The monoisotopic (exact) mass is 492 g/mol. The summed E-state index contributed by atoms with van der Waals surface area (Å²) in [6, 6.07) is 17.5. The minimum atomic E-state index is -0.247. The summed E-state index contributed by atoms with van der Waals surface area (Å²) in [4.78, 5) is 9.96. The van der Waals surface area contributed by atoms with E-state index in [9.17, 15) is 9.18 Å². The van der Waals surface area contributed by atoms with Crippen molar-refractivity contribution in [1.82, 2.24) is 0 Å². The molecule has 4 nitrogen and oxygen atoms in total. The van der Waals surface area contributed by atoms with Gasteiger partial charge in [0.25, 0.3) is 0 Å². The van der Waals surface area contributed by atoms with Crippen molar-refractivity contribution >= 4 is 5.97 Å². The largest absolute Gasteiger partial charge is 0.497 e. The highest BCUT2D eigenvalue weighted by molar-refractivity contribution is 5.71. The smallest absolute Gasteiger partial charge is 0.305 e. The normalized spacial score (nSPS) is 12.3. The van der Waals surface area contributed by atoms with E-state index in [1.165, 1.54) is 37.1 Å². The molecule has 0 aromatic heterocycles.